The molecule has 128 valence electrons. The highest BCUT2D eigenvalue weighted by atomic mass is 32.2. The highest BCUT2D eigenvalue weighted by molar-refractivity contribution is 7.86. The average molecular weight is 356 g/mol. The zero-order valence-electron chi connectivity index (χ0n) is 12.3. The van der Waals surface area contributed by atoms with Crippen LogP contribution in [0.5, 0.6) is 0 Å². The predicted molar refractivity (Wildman–Crippen MR) is 81.9 cm³/mol. The van der Waals surface area contributed by atoms with Gasteiger partial charge >= 0.3 is 21.3 Å². The summed E-state index contributed by atoms with van der Waals surface area (Å²) in [5, 5.41) is -4.61. The van der Waals surface area contributed by atoms with Gasteiger partial charge in [-0.25, -0.2) is 0 Å². The van der Waals surface area contributed by atoms with E-state index in [9.17, 15) is 22.0 Å². The number of carbonyl (C=O) groups is 1. The van der Waals surface area contributed by atoms with E-state index >= 15 is 0 Å². The van der Waals surface area contributed by atoms with Crippen molar-refractivity contribution in [1.29, 1.82) is 0 Å². The van der Waals surface area contributed by atoms with Crippen molar-refractivity contribution in [2.45, 2.75) is 17.8 Å². The number of benzene rings is 2. The lowest BCUT2D eigenvalue weighted by atomic mass is 10.0. The van der Waals surface area contributed by atoms with Gasteiger partial charge in [-0.2, -0.15) is 17.2 Å². The molecule has 0 bridgehead atoms. The van der Waals surface area contributed by atoms with Crippen LogP contribution >= 0.6 is 0 Å². The molecule has 0 aliphatic heterocycles. The molecule has 0 amide bonds. The summed E-state index contributed by atoms with van der Waals surface area (Å²) in [6.07, 6.45) is -2.75. The molecule has 2 aromatic carbocycles. The lowest BCUT2D eigenvalue weighted by molar-refractivity contribution is -0.152. The first-order valence-electron chi connectivity index (χ1n) is 6.85. The molecule has 2 rings (SSSR count). The standard InChI is InChI=1S/C16H14F2O5S/c17-16(18,24(20,21)22)11-14(19)23-15(12-7-3-1-4-8-12)13-9-5-2-6-10-13/h1-10,15H,11H2,(H,20,21,22). The Labute approximate surface area is 137 Å². The van der Waals surface area contributed by atoms with Gasteiger partial charge in [-0.05, 0) is 11.1 Å². The van der Waals surface area contributed by atoms with Crippen molar-refractivity contribution in [3.05, 3.63) is 71.8 Å². The molecule has 0 fully saturated rings. The van der Waals surface area contributed by atoms with Gasteiger partial charge in [-0.3, -0.25) is 9.35 Å². The lowest BCUT2D eigenvalue weighted by Gasteiger charge is -2.20. The number of alkyl halides is 2. The molecule has 2 aromatic rings. The quantitative estimate of drug-likeness (QED) is 0.635. The Hall–Kier alpha value is -2.32. The number of esters is 1. The van der Waals surface area contributed by atoms with Gasteiger partial charge in [-0.1, -0.05) is 60.7 Å². The van der Waals surface area contributed by atoms with Crippen molar-refractivity contribution in [2.24, 2.45) is 0 Å². The zero-order valence-corrected chi connectivity index (χ0v) is 13.1. The Morgan fingerprint density at radius 1 is 1.00 bits per heavy atom. The summed E-state index contributed by atoms with van der Waals surface area (Å²) in [6, 6.07) is 16.8. The highest BCUT2D eigenvalue weighted by Crippen LogP contribution is 2.30. The third kappa shape index (κ3) is 4.36. The number of carbonyl (C=O) groups excluding carboxylic acids is 1. The molecule has 0 aliphatic rings. The fourth-order valence-electron chi connectivity index (χ4n) is 2.02. The third-order valence-corrected chi connectivity index (χ3v) is 4.08. The van der Waals surface area contributed by atoms with Gasteiger partial charge in [0.25, 0.3) is 0 Å². The van der Waals surface area contributed by atoms with Crippen LogP contribution in [0.25, 0.3) is 0 Å². The predicted octanol–water partition coefficient (Wildman–Crippen LogP) is 3.19. The molecular formula is C16H14F2O5S. The maximum absolute atomic E-state index is 13.3. The molecule has 0 aliphatic carbocycles. The Bertz CT molecular complexity index is 752. The molecule has 1 N–H and O–H groups in total. The van der Waals surface area contributed by atoms with Crippen LogP contribution in [0, 0.1) is 0 Å². The van der Waals surface area contributed by atoms with Gasteiger partial charge in [0.05, 0.1) is 0 Å². The first-order chi connectivity index (χ1) is 11.2. The van der Waals surface area contributed by atoms with Gasteiger partial charge in [-0.15, -0.1) is 0 Å². The molecule has 0 radical (unpaired) electrons. The summed E-state index contributed by atoms with van der Waals surface area (Å²) in [7, 11) is -5.70. The third-order valence-electron chi connectivity index (χ3n) is 3.18. The van der Waals surface area contributed by atoms with Crippen molar-refractivity contribution < 1.29 is 31.3 Å². The second-order valence-electron chi connectivity index (χ2n) is 4.98. The minimum absolute atomic E-state index is 0.534. The molecule has 0 aromatic heterocycles. The minimum Gasteiger partial charge on any atom is -0.452 e. The lowest BCUT2D eigenvalue weighted by Crippen LogP contribution is -2.32. The van der Waals surface area contributed by atoms with E-state index in [0.29, 0.717) is 11.1 Å². The van der Waals surface area contributed by atoms with Gasteiger partial charge in [0.15, 0.2) is 6.10 Å². The summed E-state index contributed by atoms with van der Waals surface area (Å²) in [4.78, 5) is 11.8. The number of halogens is 2. The Morgan fingerprint density at radius 3 is 1.79 bits per heavy atom. The van der Waals surface area contributed by atoms with E-state index in [0.717, 1.165) is 0 Å². The first kappa shape index (κ1) is 18.0. The molecule has 0 atom stereocenters. The number of hydrogen-bond acceptors (Lipinski definition) is 4. The van der Waals surface area contributed by atoms with Gasteiger partial charge in [0.1, 0.15) is 6.42 Å². The topological polar surface area (TPSA) is 80.7 Å². The fraction of sp³-hybridized carbons (Fsp3) is 0.188. The van der Waals surface area contributed by atoms with Crippen molar-refractivity contribution >= 4 is 16.1 Å². The van der Waals surface area contributed by atoms with Gasteiger partial charge in [0, 0.05) is 0 Å². The van der Waals surface area contributed by atoms with E-state index in [1.54, 1.807) is 60.7 Å². The maximum Gasteiger partial charge on any atom is 0.380 e. The van der Waals surface area contributed by atoms with Crippen LogP contribution < -0.4 is 0 Å². The van der Waals surface area contributed by atoms with Crippen molar-refractivity contribution in [3.8, 4) is 0 Å². The monoisotopic (exact) mass is 356 g/mol. The SMILES string of the molecule is O=C(CC(F)(F)S(=O)(=O)O)OC(c1ccccc1)c1ccccc1. The van der Waals surface area contributed by atoms with Crippen LogP contribution in [-0.4, -0.2) is 24.2 Å². The van der Waals surface area contributed by atoms with Crippen molar-refractivity contribution in [1.82, 2.24) is 0 Å². The van der Waals surface area contributed by atoms with E-state index in [-0.39, 0.29) is 0 Å². The summed E-state index contributed by atoms with van der Waals surface area (Å²) in [5.74, 6) is -1.45. The summed E-state index contributed by atoms with van der Waals surface area (Å²) in [6.45, 7) is 0. The number of ether oxygens (including phenoxy) is 1. The van der Waals surface area contributed by atoms with E-state index in [1.807, 2.05) is 0 Å². The van der Waals surface area contributed by atoms with Crippen LogP contribution in [0.3, 0.4) is 0 Å². The molecule has 0 saturated carbocycles. The summed E-state index contributed by atoms with van der Waals surface area (Å²) >= 11 is 0. The van der Waals surface area contributed by atoms with Crippen LogP contribution in [0.4, 0.5) is 8.78 Å². The number of hydrogen-bond donors (Lipinski definition) is 1. The Morgan fingerprint density at radius 2 is 1.42 bits per heavy atom. The van der Waals surface area contributed by atoms with Gasteiger partial charge in [0.2, 0.25) is 0 Å². The Kier molecular flexibility index (Phi) is 5.30. The molecule has 5 nitrogen and oxygen atoms in total. The summed E-state index contributed by atoms with van der Waals surface area (Å²) < 4.78 is 61.4. The maximum atomic E-state index is 13.3. The summed E-state index contributed by atoms with van der Waals surface area (Å²) in [5.41, 5.74) is 1.07. The highest BCUT2D eigenvalue weighted by Gasteiger charge is 2.47. The normalized spacial score (nSPS) is 12.2. The molecule has 0 heterocycles. The minimum atomic E-state index is -5.70. The van der Waals surface area contributed by atoms with Crippen LogP contribution in [0.15, 0.2) is 60.7 Å². The molecule has 0 unspecified atom stereocenters. The van der Waals surface area contributed by atoms with E-state index in [1.165, 1.54) is 0 Å². The van der Waals surface area contributed by atoms with Crippen LogP contribution in [0.2, 0.25) is 0 Å². The first-order valence-corrected chi connectivity index (χ1v) is 8.29. The van der Waals surface area contributed by atoms with Gasteiger partial charge < -0.3 is 4.74 Å². The van der Waals surface area contributed by atoms with E-state index in [4.69, 9.17) is 9.29 Å². The largest absolute Gasteiger partial charge is 0.452 e. The molecule has 24 heavy (non-hydrogen) atoms. The second-order valence-corrected chi connectivity index (χ2v) is 6.53. The fourth-order valence-corrected chi connectivity index (χ4v) is 2.32. The molecular weight excluding hydrogens is 342 g/mol. The average Bonchev–Trinajstić information content (AvgIpc) is 2.53. The molecule has 0 spiro atoms. The van der Waals surface area contributed by atoms with E-state index in [2.05, 4.69) is 0 Å². The molecule has 8 heteroatoms. The number of rotatable bonds is 6. The second kappa shape index (κ2) is 7.06. The zero-order chi connectivity index (χ0) is 17.8. The van der Waals surface area contributed by atoms with Crippen LogP contribution in [0.1, 0.15) is 23.7 Å². The smallest absolute Gasteiger partial charge is 0.380 e. The van der Waals surface area contributed by atoms with Crippen molar-refractivity contribution in [2.75, 3.05) is 0 Å². The van der Waals surface area contributed by atoms with Crippen LogP contribution in [-0.2, 0) is 19.6 Å². The Balaban J connectivity index is 2.25. The van der Waals surface area contributed by atoms with E-state index < -0.39 is 33.9 Å². The van der Waals surface area contributed by atoms with Crippen molar-refractivity contribution in [3.63, 3.8) is 0 Å². The molecule has 0 saturated heterocycles.